The molecule has 1 aromatic carbocycles. The van der Waals surface area contributed by atoms with Crippen molar-refractivity contribution in [3.8, 4) is 0 Å². The van der Waals surface area contributed by atoms with Gasteiger partial charge in [0.1, 0.15) is 0 Å². The Bertz CT molecular complexity index is 530. The van der Waals surface area contributed by atoms with Gasteiger partial charge in [-0.3, -0.25) is 0 Å². The molecule has 0 bridgehead atoms. The molecule has 0 amide bonds. The van der Waals surface area contributed by atoms with Crippen molar-refractivity contribution in [1.82, 2.24) is 10.3 Å². The summed E-state index contributed by atoms with van der Waals surface area (Å²) in [6.45, 7) is 7.50. The number of hydrogen-bond donors (Lipinski definition) is 3. The molecule has 0 aliphatic rings. The summed E-state index contributed by atoms with van der Waals surface area (Å²) < 4.78 is 0. The lowest BCUT2D eigenvalue weighted by Gasteiger charge is -2.30. The van der Waals surface area contributed by atoms with Crippen molar-refractivity contribution in [2.24, 2.45) is 5.92 Å². The van der Waals surface area contributed by atoms with Gasteiger partial charge in [-0.25, -0.2) is 0 Å². The van der Waals surface area contributed by atoms with Crippen LogP contribution >= 0.6 is 0 Å². The zero-order valence-corrected chi connectivity index (χ0v) is 12.0. The molecular weight excluding hydrogens is 236 g/mol. The molecule has 3 N–H and O–H groups in total. The van der Waals surface area contributed by atoms with Crippen LogP contribution in [0.15, 0.2) is 30.5 Å². The molecule has 2 rings (SSSR count). The lowest BCUT2D eigenvalue weighted by molar-refractivity contribution is 0.00537. The molecule has 3 nitrogen and oxygen atoms in total. The van der Waals surface area contributed by atoms with E-state index < -0.39 is 5.60 Å². The highest BCUT2D eigenvalue weighted by atomic mass is 16.3. The molecule has 104 valence electrons. The summed E-state index contributed by atoms with van der Waals surface area (Å²) in [7, 11) is 0. The molecule has 1 heterocycles. The zero-order chi connectivity index (χ0) is 13.9. The third-order valence-corrected chi connectivity index (χ3v) is 4.16. The van der Waals surface area contributed by atoms with Crippen LogP contribution in [-0.4, -0.2) is 22.2 Å². The smallest absolute Gasteiger partial charge is 0.0768 e. The van der Waals surface area contributed by atoms with E-state index in [1.807, 2.05) is 13.1 Å². The van der Waals surface area contributed by atoms with Crippen LogP contribution in [0.5, 0.6) is 0 Å². The predicted molar refractivity (Wildman–Crippen MR) is 80.1 cm³/mol. The van der Waals surface area contributed by atoms with Crippen molar-refractivity contribution in [3.05, 3.63) is 36.0 Å². The summed E-state index contributed by atoms with van der Waals surface area (Å²) in [4.78, 5) is 3.22. The average Bonchev–Trinajstić information content (AvgIpc) is 2.86. The maximum Gasteiger partial charge on any atom is 0.0768 e. The van der Waals surface area contributed by atoms with E-state index >= 15 is 0 Å². The van der Waals surface area contributed by atoms with Gasteiger partial charge in [0.15, 0.2) is 0 Å². The molecule has 0 saturated heterocycles. The fraction of sp³-hybridized carbons (Fsp3) is 0.500. The summed E-state index contributed by atoms with van der Waals surface area (Å²) >= 11 is 0. The molecule has 2 unspecified atom stereocenters. The molecule has 0 radical (unpaired) electrons. The van der Waals surface area contributed by atoms with Gasteiger partial charge >= 0.3 is 0 Å². The third kappa shape index (κ3) is 3.17. The topological polar surface area (TPSA) is 48.0 Å². The van der Waals surface area contributed by atoms with Gasteiger partial charge in [-0.1, -0.05) is 32.4 Å². The molecule has 2 aromatic rings. The molecule has 0 aliphatic carbocycles. The number of aromatic amines is 1. The van der Waals surface area contributed by atoms with Crippen molar-refractivity contribution >= 4 is 10.9 Å². The Balaban J connectivity index is 1.98. The normalized spacial score (nSPS) is 16.4. The van der Waals surface area contributed by atoms with E-state index in [1.54, 1.807) is 0 Å². The van der Waals surface area contributed by atoms with E-state index in [4.69, 9.17) is 0 Å². The fourth-order valence-electron chi connectivity index (χ4n) is 2.37. The van der Waals surface area contributed by atoms with Gasteiger partial charge in [0.25, 0.3) is 0 Å². The number of H-pyrrole nitrogens is 1. The predicted octanol–water partition coefficient (Wildman–Crippen LogP) is 3.05. The number of nitrogens with one attached hydrogen (secondary N) is 2. The summed E-state index contributed by atoms with van der Waals surface area (Å²) in [5.41, 5.74) is 1.77. The molecule has 0 fully saturated rings. The second-order valence-corrected chi connectivity index (χ2v) is 5.63. The van der Waals surface area contributed by atoms with Crippen LogP contribution in [-0.2, 0) is 6.54 Å². The van der Waals surface area contributed by atoms with Crippen LogP contribution in [0.25, 0.3) is 10.9 Å². The quantitative estimate of drug-likeness (QED) is 0.747. The van der Waals surface area contributed by atoms with Crippen LogP contribution in [0, 0.1) is 5.92 Å². The van der Waals surface area contributed by atoms with Gasteiger partial charge in [-0.05, 0) is 30.5 Å². The van der Waals surface area contributed by atoms with E-state index in [-0.39, 0.29) is 0 Å². The minimum Gasteiger partial charge on any atom is -0.389 e. The number of aromatic nitrogens is 1. The van der Waals surface area contributed by atoms with E-state index in [9.17, 15) is 5.11 Å². The Morgan fingerprint density at radius 2 is 2.16 bits per heavy atom. The van der Waals surface area contributed by atoms with Crippen molar-refractivity contribution in [2.75, 3.05) is 6.54 Å². The number of hydrogen-bond acceptors (Lipinski definition) is 2. The third-order valence-electron chi connectivity index (χ3n) is 4.16. The highest BCUT2D eigenvalue weighted by molar-refractivity contribution is 5.82. The highest BCUT2D eigenvalue weighted by Gasteiger charge is 2.26. The first-order valence-electron chi connectivity index (χ1n) is 7.02. The Hall–Kier alpha value is -1.32. The van der Waals surface area contributed by atoms with Crippen LogP contribution < -0.4 is 5.32 Å². The van der Waals surface area contributed by atoms with E-state index in [2.05, 4.69) is 48.4 Å². The number of rotatable bonds is 6. The molecule has 2 atom stereocenters. The van der Waals surface area contributed by atoms with Crippen LogP contribution in [0.2, 0.25) is 0 Å². The monoisotopic (exact) mass is 260 g/mol. The molecular formula is C16H24N2O. The molecule has 0 saturated carbocycles. The Kier molecular flexibility index (Phi) is 4.27. The summed E-state index contributed by atoms with van der Waals surface area (Å²) in [6, 6.07) is 8.36. The molecule has 0 aliphatic heterocycles. The lowest BCUT2D eigenvalue weighted by atomic mass is 9.88. The van der Waals surface area contributed by atoms with Gasteiger partial charge in [0, 0.05) is 30.2 Å². The first-order valence-corrected chi connectivity index (χ1v) is 7.02. The fourth-order valence-corrected chi connectivity index (χ4v) is 2.37. The average molecular weight is 260 g/mol. The van der Waals surface area contributed by atoms with E-state index in [1.165, 1.54) is 10.9 Å². The number of benzene rings is 1. The Morgan fingerprint density at radius 3 is 2.89 bits per heavy atom. The van der Waals surface area contributed by atoms with Crippen molar-refractivity contribution in [2.45, 2.75) is 39.3 Å². The second-order valence-electron chi connectivity index (χ2n) is 5.63. The lowest BCUT2D eigenvalue weighted by Crippen LogP contribution is -2.42. The maximum absolute atomic E-state index is 10.4. The van der Waals surface area contributed by atoms with E-state index in [0.717, 1.165) is 18.5 Å². The molecule has 3 heteroatoms. The van der Waals surface area contributed by atoms with Gasteiger partial charge in [-0.15, -0.1) is 0 Å². The van der Waals surface area contributed by atoms with Gasteiger partial charge < -0.3 is 15.4 Å². The highest BCUT2D eigenvalue weighted by Crippen LogP contribution is 2.20. The largest absolute Gasteiger partial charge is 0.389 e. The van der Waals surface area contributed by atoms with Gasteiger partial charge in [0.2, 0.25) is 0 Å². The minimum absolute atomic E-state index is 0.294. The van der Waals surface area contributed by atoms with Gasteiger partial charge in [-0.2, -0.15) is 0 Å². The van der Waals surface area contributed by atoms with Crippen molar-refractivity contribution < 1.29 is 5.11 Å². The number of fused-ring (bicyclic) bond motifs is 1. The summed E-state index contributed by atoms with van der Waals surface area (Å²) in [5, 5.41) is 15.0. The number of aliphatic hydroxyl groups is 1. The second kappa shape index (κ2) is 5.76. The van der Waals surface area contributed by atoms with Crippen molar-refractivity contribution in [3.63, 3.8) is 0 Å². The maximum atomic E-state index is 10.4. The van der Waals surface area contributed by atoms with E-state index in [0.29, 0.717) is 12.5 Å². The Labute approximate surface area is 115 Å². The molecule has 1 aromatic heterocycles. The zero-order valence-electron chi connectivity index (χ0n) is 12.0. The SMILES string of the molecule is CCC(C)C(C)(O)CNCc1cccc2[nH]ccc12. The standard InChI is InChI=1S/C16H24N2O/c1-4-12(2)16(3,19)11-17-10-13-6-5-7-15-14(13)8-9-18-15/h5-9,12,17-19H,4,10-11H2,1-3H3. The van der Waals surface area contributed by atoms with Crippen LogP contribution in [0.1, 0.15) is 32.8 Å². The van der Waals surface area contributed by atoms with Crippen LogP contribution in [0.4, 0.5) is 0 Å². The summed E-state index contributed by atoms with van der Waals surface area (Å²) in [5.74, 6) is 0.294. The van der Waals surface area contributed by atoms with Crippen LogP contribution in [0.3, 0.4) is 0 Å². The van der Waals surface area contributed by atoms with Crippen molar-refractivity contribution in [1.29, 1.82) is 0 Å². The van der Waals surface area contributed by atoms with Gasteiger partial charge in [0.05, 0.1) is 5.60 Å². The minimum atomic E-state index is -0.652. The molecule has 0 spiro atoms. The Morgan fingerprint density at radius 1 is 1.37 bits per heavy atom. The summed E-state index contributed by atoms with van der Waals surface area (Å²) in [6.07, 6.45) is 2.95. The first-order chi connectivity index (χ1) is 9.04. The molecule has 19 heavy (non-hydrogen) atoms. The first kappa shape index (κ1) is 14.1.